The summed E-state index contributed by atoms with van der Waals surface area (Å²) in [6.45, 7) is 10.6. The van der Waals surface area contributed by atoms with Gasteiger partial charge in [-0.05, 0) is 69.2 Å². The molecular formula is C22H26N2O3S. The number of aromatic nitrogens is 1. The summed E-state index contributed by atoms with van der Waals surface area (Å²) in [6.07, 6.45) is 0. The zero-order chi connectivity index (χ0) is 20.1. The fourth-order valence-electron chi connectivity index (χ4n) is 3.13. The van der Waals surface area contributed by atoms with Crippen LogP contribution in [0.4, 0.5) is 0 Å². The average Bonchev–Trinajstić information content (AvgIpc) is 3.00. The van der Waals surface area contributed by atoms with Crippen molar-refractivity contribution in [2.24, 2.45) is 4.99 Å². The Balaban J connectivity index is 2.03. The molecule has 5 nitrogen and oxygen atoms in total. The maximum Gasteiger partial charge on any atom is 0.279 e. The third kappa shape index (κ3) is 4.51. The lowest BCUT2D eigenvalue weighted by Gasteiger charge is -2.07. The van der Waals surface area contributed by atoms with Gasteiger partial charge in [-0.25, -0.2) is 0 Å². The smallest absolute Gasteiger partial charge is 0.279 e. The topological polar surface area (TPSA) is 52.8 Å². The maximum atomic E-state index is 12.7. The van der Waals surface area contributed by atoms with Crippen LogP contribution in [0.2, 0.25) is 0 Å². The minimum atomic E-state index is -0.255. The average molecular weight is 399 g/mol. The van der Waals surface area contributed by atoms with Crippen LogP contribution in [0.25, 0.3) is 10.2 Å². The van der Waals surface area contributed by atoms with Crippen LogP contribution < -0.4 is 9.54 Å². The number of rotatable bonds is 7. The number of nitrogens with zero attached hydrogens (tertiary/aromatic N) is 2. The van der Waals surface area contributed by atoms with E-state index in [0.717, 1.165) is 16.0 Å². The van der Waals surface area contributed by atoms with E-state index in [0.29, 0.717) is 36.7 Å². The molecule has 0 aliphatic carbocycles. The normalized spacial score (nSPS) is 11.9. The van der Waals surface area contributed by atoms with Crippen LogP contribution >= 0.6 is 11.3 Å². The minimum absolute atomic E-state index is 0.255. The fraction of sp³-hybridized carbons (Fsp3) is 0.364. The van der Waals surface area contributed by atoms with E-state index < -0.39 is 0 Å². The van der Waals surface area contributed by atoms with E-state index in [1.165, 1.54) is 11.1 Å². The first-order valence-corrected chi connectivity index (χ1v) is 10.3. The van der Waals surface area contributed by atoms with Gasteiger partial charge in [0, 0.05) is 18.7 Å². The molecule has 3 aromatic rings. The van der Waals surface area contributed by atoms with Gasteiger partial charge in [0.15, 0.2) is 4.80 Å². The third-order valence-corrected chi connectivity index (χ3v) is 5.62. The molecule has 148 valence electrons. The SMILES string of the molecule is CCOCCn1c(=NC(=O)c2ccc(OCC)cc2)sc2c(C)cc(C)cc21. The molecular weight excluding hydrogens is 372 g/mol. The lowest BCUT2D eigenvalue weighted by Crippen LogP contribution is -2.19. The lowest BCUT2D eigenvalue weighted by molar-refractivity contribution is 0.0996. The summed E-state index contributed by atoms with van der Waals surface area (Å²) in [5, 5.41) is 0. The highest BCUT2D eigenvalue weighted by molar-refractivity contribution is 7.16. The Kier molecular flexibility index (Phi) is 6.65. The molecule has 6 heteroatoms. The molecule has 0 N–H and O–H groups in total. The van der Waals surface area contributed by atoms with Crippen molar-refractivity contribution in [2.75, 3.05) is 19.8 Å². The summed E-state index contributed by atoms with van der Waals surface area (Å²) in [4.78, 5) is 17.9. The van der Waals surface area contributed by atoms with Crippen LogP contribution in [-0.4, -0.2) is 30.3 Å². The Labute approximate surface area is 169 Å². The van der Waals surface area contributed by atoms with Crippen molar-refractivity contribution in [2.45, 2.75) is 34.2 Å². The van der Waals surface area contributed by atoms with E-state index in [1.54, 1.807) is 35.6 Å². The van der Waals surface area contributed by atoms with Gasteiger partial charge in [-0.15, -0.1) is 0 Å². The number of carbonyl (C=O) groups is 1. The number of carbonyl (C=O) groups excluding carboxylic acids is 1. The van der Waals surface area contributed by atoms with Gasteiger partial charge in [-0.3, -0.25) is 4.79 Å². The molecule has 0 saturated heterocycles. The molecule has 0 spiro atoms. The van der Waals surface area contributed by atoms with Crippen molar-refractivity contribution in [3.05, 3.63) is 57.9 Å². The van der Waals surface area contributed by atoms with Gasteiger partial charge in [0.25, 0.3) is 5.91 Å². The molecule has 0 atom stereocenters. The van der Waals surface area contributed by atoms with E-state index in [2.05, 4.69) is 35.5 Å². The number of benzene rings is 2. The van der Waals surface area contributed by atoms with Crippen LogP contribution in [-0.2, 0) is 11.3 Å². The van der Waals surface area contributed by atoms with Crippen molar-refractivity contribution in [3.8, 4) is 5.75 Å². The number of ether oxygens (including phenoxy) is 2. The predicted molar refractivity (Wildman–Crippen MR) is 113 cm³/mol. The van der Waals surface area contributed by atoms with E-state index in [9.17, 15) is 4.79 Å². The van der Waals surface area contributed by atoms with Gasteiger partial charge in [0.05, 0.1) is 23.4 Å². The number of hydrogen-bond acceptors (Lipinski definition) is 4. The highest BCUT2D eigenvalue weighted by atomic mass is 32.1. The molecule has 1 amide bonds. The molecule has 0 bridgehead atoms. The zero-order valence-electron chi connectivity index (χ0n) is 16.8. The first-order valence-electron chi connectivity index (χ1n) is 9.53. The number of aryl methyl sites for hydroxylation is 2. The number of hydrogen-bond donors (Lipinski definition) is 0. The number of thiazole rings is 1. The van der Waals surface area contributed by atoms with Crippen LogP contribution in [0.3, 0.4) is 0 Å². The van der Waals surface area contributed by atoms with Crippen molar-refractivity contribution < 1.29 is 14.3 Å². The highest BCUT2D eigenvalue weighted by Crippen LogP contribution is 2.23. The molecule has 28 heavy (non-hydrogen) atoms. The Bertz CT molecular complexity index is 1030. The van der Waals surface area contributed by atoms with Gasteiger partial charge in [0.1, 0.15) is 5.75 Å². The molecule has 0 saturated carbocycles. The first-order chi connectivity index (χ1) is 13.5. The summed E-state index contributed by atoms with van der Waals surface area (Å²) in [6, 6.07) is 11.4. The summed E-state index contributed by atoms with van der Waals surface area (Å²) in [5.74, 6) is 0.493. The van der Waals surface area contributed by atoms with E-state index in [-0.39, 0.29) is 5.91 Å². The largest absolute Gasteiger partial charge is 0.494 e. The molecule has 0 aliphatic heterocycles. The van der Waals surface area contributed by atoms with Gasteiger partial charge < -0.3 is 14.0 Å². The van der Waals surface area contributed by atoms with Crippen LogP contribution in [0.5, 0.6) is 5.75 Å². The van der Waals surface area contributed by atoms with Crippen LogP contribution in [0, 0.1) is 13.8 Å². The molecule has 1 heterocycles. The van der Waals surface area contributed by atoms with E-state index in [1.807, 2.05) is 13.8 Å². The highest BCUT2D eigenvalue weighted by Gasteiger charge is 2.12. The predicted octanol–water partition coefficient (Wildman–Crippen LogP) is 4.50. The van der Waals surface area contributed by atoms with Gasteiger partial charge >= 0.3 is 0 Å². The number of fused-ring (bicyclic) bond motifs is 1. The Morgan fingerprint density at radius 2 is 1.86 bits per heavy atom. The maximum absolute atomic E-state index is 12.7. The van der Waals surface area contributed by atoms with E-state index in [4.69, 9.17) is 9.47 Å². The zero-order valence-corrected chi connectivity index (χ0v) is 17.6. The summed E-state index contributed by atoms with van der Waals surface area (Å²) >= 11 is 1.55. The molecule has 0 aliphatic rings. The van der Waals surface area contributed by atoms with Crippen LogP contribution in [0.1, 0.15) is 35.3 Å². The summed E-state index contributed by atoms with van der Waals surface area (Å²) in [7, 11) is 0. The van der Waals surface area contributed by atoms with Gasteiger partial charge in [-0.1, -0.05) is 17.4 Å². The molecule has 0 unspecified atom stereocenters. The van der Waals surface area contributed by atoms with Gasteiger partial charge in [-0.2, -0.15) is 4.99 Å². The molecule has 2 aromatic carbocycles. The second-order valence-corrected chi connectivity index (χ2v) is 7.52. The Morgan fingerprint density at radius 1 is 1.11 bits per heavy atom. The monoisotopic (exact) mass is 398 g/mol. The van der Waals surface area contributed by atoms with Crippen molar-refractivity contribution >= 4 is 27.5 Å². The molecule has 0 radical (unpaired) electrons. The second kappa shape index (κ2) is 9.17. The second-order valence-electron chi connectivity index (χ2n) is 6.54. The van der Waals surface area contributed by atoms with Crippen molar-refractivity contribution in [1.29, 1.82) is 0 Å². The number of amides is 1. The van der Waals surface area contributed by atoms with Gasteiger partial charge in [0.2, 0.25) is 0 Å². The standard InChI is InChI=1S/C22H26N2O3S/c1-5-26-12-11-24-19-14-15(3)13-16(4)20(19)28-22(24)23-21(25)17-7-9-18(10-8-17)27-6-2/h7-10,13-14H,5-6,11-12H2,1-4H3. The Hall–Kier alpha value is -2.44. The fourth-order valence-corrected chi connectivity index (χ4v) is 4.23. The first kappa shape index (κ1) is 20.3. The van der Waals surface area contributed by atoms with Crippen molar-refractivity contribution in [3.63, 3.8) is 0 Å². The molecule has 3 rings (SSSR count). The summed E-state index contributed by atoms with van der Waals surface area (Å²) in [5.41, 5.74) is 4.03. The van der Waals surface area contributed by atoms with Crippen LogP contribution in [0.15, 0.2) is 41.4 Å². The third-order valence-electron chi connectivity index (χ3n) is 4.39. The van der Waals surface area contributed by atoms with Crippen molar-refractivity contribution in [1.82, 2.24) is 4.57 Å². The quantitative estimate of drug-likeness (QED) is 0.551. The lowest BCUT2D eigenvalue weighted by atomic mass is 10.1. The summed E-state index contributed by atoms with van der Waals surface area (Å²) < 4.78 is 14.2. The molecule has 1 aromatic heterocycles. The minimum Gasteiger partial charge on any atom is -0.494 e. The molecule has 0 fully saturated rings. The Morgan fingerprint density at radius 3 is 2.54 bits per heavy atom. The van der Waals surface area contributed by atoms with E-state index >= 15 is 0 Å².